The van der Waals surface area contributed by atoms with E-state index in [2.05, 4.69) is 6.58 Å². The first-order valence-electron chi connectivity index (χ1n) is 7.36. The zero-order valence-electron chi connectivity index (χ0n) is 15.4. The third-order valence-corrected chi connectivity index (χ3v) is 4.22. The fourth-order valence-electron chi connectivity index (χ4n) is 1.53. The van der Waals surface area contributed by atoms with Gasteiger partial charge < -0.3 is 5.73 Å². The zero-order valence-corrected chi connectivity index (χ0v) is 16.2. The molecule has 0 amide bonds. The van der Waals surface area contributed by atoms with Crippen molar-refractivity contribution in [3.8, 4) is 0 Å². The third-order valence-electron chi connectivity index (χ3n) is 3.32. The van der Waals surface area contributed by atoms with Crippen LogP contribution in [0.2, 0.25) is 0 Å². The molecule has 0 aliphatic rings. The minimum absolute atomic E-state index is 0.583. The van der Waals surface area contributed by atoms with Gasteiger partial charge >= 0.3 is 57.1 Å². The Bertz CT molecular complexity index is 818. The molecule has 0 saturated carbocycles. The van der Waals surface area contributed by atoms with Gasteiger partial charge in [0, 0.05) is 6.54 Å². The normalized spacial score (nSPS) is 15.5. The highest BCUT2D eigenvalue weighted by molar-refractivity contribution is 7.87. The van der Waals surface area contributed by atoms with Crippen molar-refractivity contribution >= 4 is 10.1 Å². The van der Waals surface area contributed by atoms with Crippen molar-refractivity contribution in [3.63, 3.8) is 0 Å². The molecule has 0 atom stereocenters. The summed E-state index contributed by atoms with van der Waals surface area (Å²) in [7, 11) is -7.86. The first-order valence-corrected chi connectivity index (χ1v) is 8.80. The first kappa shape index (κ1) is 34.6. The van der Waals surface area contributed by atoms with Crippen LogP contribution in [-0.4, -0.2) is 66.5 Å². The molecule has 3 N–H and O–H groups in total. The predicted molar refractivity (Wildman–Crippen MR) is 76.1 cm³/mol. The molecule has 0 spiro atoms. The standard InChI is InChI=1S/C9H3F17O3S.C3H7N/c10-2(11,1-3(12,13)14)4(15,16)5(17,18)6(19,20)7(21,22)8(23,24)9(25,26)30(27,28)29;1-2-3-4/h1H2,(H,27,28,29);2H,1,3-4H2. The third kappa shape index (κ3) is 5.62. The highest BCUT2D eigenvalue weighted by Gasteiger charge is 2.94. The molecule has 0 heterocycles. The molecule has 0 aliphatic heterocycles. The Hall–Kier alpha value is -1.58. The highest BCUT2D eigenvalue weighted by atomic mass is 32.2. The number of alkyl halides is 17. The van der Waals surface area contributed by atoms with Crippen LogP contribution in [0.3, 0.4) is 0 Å². The Labute approximate surface area is 177 Å². The van der Waals surface area contributed by atoms with Crippen LogP contribution >= 0.6 is 0 Å². The molecule has 0 unspecified atom stereocenters. The summed E-state index contributed by atoms with van der Waals surface area (Å²) in [6, 6.07) is 0. The monoisotopic (exact) mass is 571 g/mol. The van der Waals surface area contributed by atoms with Gasteiger partial charge in [-0.15, -0.1) is 6.58 Å². The molecule has 22 heteroatoms. The molecule has 0 aromatic rings. The van der Waals surface area contributed by atoms with Gasteiger partial charge in [-0.25, -0.2) is 0 Å². The summed E-state index contributed by atoms with van der Waals surface area (Å²) < 4.78 is 245. The fourth-order valence-corrected chi connectivity index (χ4v) is 1.98. The second-order valence-electron chi connectivity index (χ2n) is 5.88. The second-order valence-corrected chi connectivity index (χ2v) is 7.35. The Balaban J connectivity index is 0. The number of hydrogen-bond acceptors (Lipinski definition) is 3. The zero-order chi connectivity index (χ0) is 28.6. The number of hydrogen-bond donors (Lipinski definition) is 2. The maximum Gasteiger partial charge on any atom is 0.438 e. The summed E-state index contributed by atoms with van der Waals surface area (Å²) in [4.78, 5) is 0. The molecule has 4 nitrogen and oxygen atoms in total. The van der Waals surface area contributed by atoms with Gasteiger partial charge in [-0.05, 0) is 0 Å². The number of halogens is 17. The molecule has 206 valence electrons. The van der Waals surface area contributed by atoms with Crippen LogP contribution in [0, 0.1) is 0 Å². The van der Waals surface area contributed by atoms with Gasteiger partial charge in [0.15, 0.2) is 0 Å². The van der Waals surface area contributed by atoms with Crippen LogP contribution in [-0.2, 0) is 10.1 Å². The molecule has 0 rings (SSSR count). The topological polar surface area (TPSA) is 80.4 Å². The van der Waals surface area contributed by atoms with Gasteiger partial charge in [-0.1, -0.05) is 6.08 Å². The summed E-state index contributed by atoms with van der Waals surface area (Å²) in [6.45, 7) is 3.94. The largest absolute Gasteiger partial charge is 0.438 e. The summed E-state index contributed by atoms with van der Waals surface area (Å²) in [6.07, 6.45) is -9.29. The van der Waals surface area contributed by atoms with E-state index in [4.69, 9.17) is 10.3 Å². The van der Waals surface area contributed by atoms with Crippen molar-refractivity contribution in [2.45, 2.75) is 53.4 Å². The van der Waals surface area contributed by atoms with E-state index in [1.807, 2.05) is 0 Å². The first-order chi connectivity index (χ1) is 14.4. The van der Waals surface area contributed by atoms with Crippen LogP contribution < -0.4 is 5.73 Å². The van der Waals surface area contributed by atoms with Crippen molar-refractivity contribution < 1.29 is 87.6 Å². The van der Waals surface area contributed by atoms with Crippen molar-refractivity contribution in [1.82, 2.24) is 0 Å². The van der Waals surface area contributed by atoms with E-state index in [0.717, 1.165) is 0 Å². The average molecular weight is 571 g/mol. The van der Waals surface area contributed by atoms with E-state index in [-0.39, 0.29) is 0 Å². The van der Waals surface area contributed by atoms with Gasteiger partial charge in [0.2, 0.25) is 0 Å². The maximum absolute atomic E-state index is 13.2. The fraction of sp³-hybridized carbons (Fsp3) is 0.833. The van der Waals surface area contributed by atoms with E-state index in [1.165, 1.54) is 0 Å². The molecule has 0 radical (unpaired) electrons. The van der Waals surface area contributed by atoms with E-state index in [9.17, 15) is 83.1 Å². The van der Waals surface area contributed by atoms with Crippen molar-refractivity contribution in [2.24, 2.45) is 5.73 Å². The molecular formula is C12H10F17NO3S. The number of rotatable bonds is 9. The van der Waals surface area contributed by atoms with Gasteiger partial charge in [-0.2, -0.15) is 83.1 Å². The van der Waals surface area contributed by atoms with Crippen LogP contribution in [0.25, 0.3) is 0 Å². The molecule has 0 fully saturated rings. The van der Waals surface area contributed by atoms with Gasteiger partial charge in [-0.3, -0.25) is 4.55 Å². The van der Waals surface area contributed by atoms with Crippen LogP contribution in [0.5, 0.6) is 0 Å². The Kier molecular flexibility index (Phi) is 9.63. The summed E-state index contributed by atoms with van der Waals surface area (Å²) in [5, 5.41) is -7.80. The molecule has 0 aromatic carbocycles. The van der Waals surface area contributed by atoms with E-state index in [0.29, 0.717) is 6.54 Å². The predicted octanol–water partition coefficient (Wildman–Crippen LogP) is 5.36. The number of nitrogens with two attached hydrogens (primary N) is 1. The molecular weight excluding hydrogens is 561 g/mol. The summed E-state index contributed by atoms with van der Waals surface area (Å²) in [5.74, 6) is -50.1. The quantitative estimate of drug-likeness (QED) is 0.222. The van der Waals surface area contributed by atoms with E-state index >= 15 is 0 Å². The minimum Gasteiger partial charge on any atom is -0.327 e. The highest BCUT2D eigenvalue weighted by Crippen LogP contribution is 2.63. The summed E-state index contributed by atoms with van der Waals surface area (Å²) in [5.41, 5.74) is 4.91. The van der Waals surface area contributed by atoms with Crippen LogP contribution in [0.15, 0.2) is 12.7 Å². The smallest absolute Gasteiger partial charge is 0.327 e. The molecule has 34 heavy (non-hydrogen) atoms. The van der Waals surface area contributed by atoms with E-state index in [1.54, 1.807) is 6.08 Å². The molecule has 0 saturated heterocycles. The SMILES string of the molecule is C=CCN.O=S(=O)(O)C(F)(F)C(F)(F)C(F)(F)C(F)(F)C(F)(F)C(F)(F)C(F)(F)CC(F)(F)F. The maximum atomic E-state index is 13.2. The Morgan fingerprint density at radius 2 is 0.912 bits per heavy atom. The second kappa shape index (κ2) is 9.47. The van der Waals surface area contributed by atoms with E-state index < -0.39 is 63.5 Å². The Morgan fingerprint density at radius 3 is 1.15 bits per heavy atom. The van der Waals surface area contributed by atoms with Gasteiger partial charge in [0.25, 0.3) is 0 Å². The molecule has 0 aliphatic carbocycles. The van der Waals surface area contributed by atoms with Gasteiger partial charge in [0.1, 0.15) is 6.42 Å². The molecule has 0 bridgehead atoms. The lowest BCUT2D eigenvalue weighted by atomic mass is 9.90. The van der Waals surface area contributed by atoms with Crippen molar-refractivity contribution in [3.05, 3.63) is 12.7 Å². The summed E-state index contributed by atoms with van der Waals surface area (Å²) >= 11 is 0. The van der Waals surface area contributed by atoms with Crippen LogP contribution in [0.4, 0.5) is 74.6 Å². The van der Waals surface area contributed by atoms with Crippen LogP contribution in [0.1, 0.15) is 6.42 Å². The molecule has 0 aromatic heterocycles. The van der Waals surface area contributed by atoms with Crippen molar-refractivity contribution in [1.29, 1.82) is 0 Å². The Morgan fingerprint density at radius 1 is 0.647 bits per heavy atom. The lowest BCUT2D eigenvalue weighted by Crippen LogP contribution is -2.73. The minimum atomic E-state index is -8.75. The lowest BCUT2D eigenvalue weighted by molar-refractivity contribution is -0.439. The lowest BCUT2D eigenvalue weighted by Gasteiger charge is -2.42. The van der Waals surface area contributed by atoms with Crippen molar-refractivity contribution in [2.75, 3.05) is 6.54 Å². The van der Waals surface area contributed by atoms with Gasteiger partial charge in [0.05, 0.1) is 0 Å². The average Bonchev–Trinajstić information content (AvgIpc) is 2.57.